The Morgan fingerprint density at radius 3 is 2.44 bits per heavy atom. The molecule has 1 aliphatic rings. The second-order valence-corrected chi connectivity index (χ2v) is 5.96. The average Bonchev–Trinajstić information content (AvgIpc) is 2.10. The van der Waals surface area contributed by atoms with Crippen molar-refractivity contribution in [2.75, 3.05) is 0 Å². The summed E-state index contributed by atoms with van der Waals surface area (Å²) in [7, 11) is 0. The summed E-state index contributed by atoms with van der Waals surface area (Å²) in [5, 5.41) is 19.6. The summed E-state index contributed by atoms with van der Waals surface area (Å²) in [6.07, 6.45) is 1.80. The molecule has 0 aromatic rings. The van der Waals surface area contributed by atoms with Gasteiger partial charge in [0, 0.05) is 6.42 Å². The second kappa shape index (κ2) is 4.89. The minimum absolute atomic E-state index is 0.0522. The molecular weight excluding hydrogens is 200 g/mol. The van der Waals surface area contributed by atoms with Crippen LogP contribution in [-0.4, -0.2) is 22.4 Å². The summed E-state index contributed by atoms with van der Waals surface area (Å²) in [6, 6.07) is 0. The van der Waals surface area contributed by atoms with E-state index in [0.717, 1.165) is 12.0 Å². The van der Waals surface area contributed by atoms with Crippen LogP contribution in [0.5, 0.6) is 0 Å². The molecule has 3 unspecified atom stereocenters. The van der Waals surface area contributed by atoms with Crippen molar-refractivity contribution in [2.24, 2.45) is 11.3 Å². The third-order valence-corrected chi connectivity index (χ3v) is 4.24. The molecule has 0 saturated carbocycles. The van der Waals surface area contributed by atoms with Gasteiger partial charge < -0.3 is 10.2 Å². The lowest BCUT2D eigenvalue weighted by Gasteiger charge is -2.42. The maximum atomic E-state index is 10.3. The first kappa shape index (κ1) is 13.7. The maximum absolute atomic E-state index is 10.3. The van der Waals surface area contributed by atoms with E-state index in [1.54, 1.807) is 6.92 Å². The van der Waals surface area contributed by atoms with Gasteiger partial charge in [-0.2, -0.15) is 0 Å². The molecule has 16 heavy (non-hydrogen) atoms. The normalized spacial score (nSPS) is 29.1. The fourth-order valence-corrected chi connectivity index (χ4v) is 2.90. The molecule has 0 aromatic heterocycles. The summed E-state index contributed by atoms with van der Waals surface area (Å²) in [4.78, 5) is 0. The number of hydrogen-bond acceptors (Lipinski definition) is 2. The van der Waals surface area contributed by atoms with Crippen molar-refractivity contribution in [2.45, 2.75) is 66.1 Å². The number of aliphatic hydroxyl groups is 2. The van der Waals surface area contributed by atoms with Crippen molar-refractivity contribution in [3.05, 3.63) is 11.1 Å². The second-order valence-electron chi connectivity index (χ2n) is 5.96. The molecule has 0 amide bonds. The zero-order valence-electron chi connectivity index (χ0n) is 11.2. The summed E-state index contributed by atoms with van der Waals surface area (Å²) in [5.74, 6) is 0.592. The zero-order chi connectivity index (χ0) is 12.5. The minimum Gasteiger partial charge on any atom is -0.393 e. The molecule has 0 aliphatic heterocycles. The van der Waals surface area contributed by atoms with E-state index in [1.165, 1.54) is 12.0 Å². The Kier molecular flexibility index (Phi) is 4.19. The van der Waals surface area contributed by atoms with Gasteiger partial charge in [0.1, 0.15) is 0 Å². The van der Waals surface area contributed by atoms with Gasteiger partial charge >= 0.3 is 0 Å². The predicted octanol–water partition coefficient (Wildman–Crippen LogP) is 2.89. The van der Waals surface area contributed by atoms with E-state index < -0.39 is 12.2 Å². The van der Waals surface area contributed by atoms with E-state index in [4.69, 9.17) is 0 Å². The van der Waals surface area contributed by atoms with Crippen LogP contribution in [0.1, 0.15) is 53.9 Å². The summed E-state index contributed by atoms with van der Waals surface area (Å²) < 4.78 is 0. The number of rotatable bonds is 3. The number of allylic oxidation sites excluding steroid dienone is 1. The Bertz CT molecular complexity index is 276. The molecule has 0 saturated heterocycles. The van der Waals surface area contributed by atoms with Crippen LogP contribution in [0.4, 0.5) is 0 Å². The lowest BCUT2D eigenvalue weighted by Crippen LogP contribution is -2.36. The molecule has 0 heterocycles. The molecule has 0 fully saturated rings. The zero-order valence-corrected chi connectivity index (χ0v) is 11.2. The van der Waals surface area contributed by atoms with Crippen LogP contribution in [0.25, 0.3) is 0 Å². The molecule has 2 N–H and O–H groups in total. The first-order chi connectivity index (χ1) is 7.26. The first-order valence-electron chi connectivity index (χ1n) is 6.33. The van der Waals surface area contributed by atoms with Gasteiger partial charge in [-0.15, -0.1) is 0 Å². The minimum atomic E-state index is -0.488. The molecule has 0 aromatic carbocycles. The lowest BCUT2D eigenvalue weighted by molar-refractivity contribution is 0.0843. The molecule has 0 bridgehead atoms. The highest BCUT2D eigenvalue weighted by Gasteiger charge is 2.37. The van der Waals surface area contributed by atoms with Gasteiger partial charge in [0.05, 0.1) is 12.2 Å². The SMILES string of the molecule is CC1=C(C(O)CC(C)O)C(C)(C)C(C)CC1. The highest BCUT2D eigenvalue weighted by Crippen LogP contribution is 2.46. The van der Waals surface area contributed by atoms with Crippen molar-refractivity contribution in [1.82, 2.24) is 0 Å². The fraction of sp³-hybridized carbons (Fsp3) is 0.857. The summed E-state index contributed by atoms with van der Waals surface area (Å²) >= 11 is 0. The molecule has 94 valence electrons. The molecular formula is C14H26O2. The molecule has 3 atom stereocenters. The van der Waals surface area contributed by atoms with Crippen molar-refractivity contribution >= 4 is 0 Å². The van der Waals surface area contributed by atoms with Crippen LogP contribution in [0.15, 0.2) is 11.1 Å². The molecule has 0 radical (unpaired) electrons. The predicted molar refractivity (Wildman–Crippen MR) is 67.2 cm³/mol. The largest absolute Gasteiger partial charge is 0.393 e. The van der Waals surface area contributed by atoms with Crippen LogP contribution in [-0.2, 0) is 0 Å². The monoisotopic (exact) mass is 226 g/mol. The molecule has 1 aliphatic carbocycles. The smallest absolute Gasteiger partial charge is 0.0782 e. The van der Waals surface area contributed by atoms with Crippen LogP contribution >= 0.6 is 0 Å². The van der Waals surface area contributed by atoms with Crippen LogP contribution in [0.3, 0.4) is 0 Å². The van der Waals surface area contributed by atoms with E-state index >= 15 is 0 Å². The van der Waals surface area contributed by atoms with E-state index in [9.17, 15) is 10.2 Å². The van der Waals surface area contributed by atoms with Gasteiger partial charge in [-0.1, -0.05) is 26.3 Å². The third-order valence-electron chi connectivity index (χ3n) is 4.24. The Morgan fingerprint density at radius 2 is 1.94 bits per heavy atom. The van der Waals surface area contributed by atoms with Crippen molar-refractivity contribution in [3.63, 3.8) is 0 Å². The van der Waals surface area contributed by atoms with Crippen LogP contribution in [0, 0.1) is 11.3 Å². The quantitative estimate of drug-likeness (QED) is 0.726. The van der Waals surface area contributed by atoms with Crippen LogP contribution < -0.4 is 0 Å². The number of aliphatic hydroxyl groups excluding tert-OH is 2. The van der Waals surface area contributed by atoms with Crippen molar-refractivity contribution < 1.29 is 10.2 Å². The Labute approximate surface area is 99.4 Å². The summed E-state index contributed by atoms with van der Waals surface area (Å²) in [6.45, 7) is 10.5. The Balaban J connectivity index is 2.97. The Morgan fingerprint density at radius 1 is 1.38 bits per heavy atom. The molecule has 0 spiro atoms. The van der Waals surface area contributed by atoms with E-state index in [1.807, 2.05) is 0 Å². The third kappa shape index (κ3) is 2.67. The Hall–Kier alpha value is -0.340. The van der Waals surface area contributed by atoms with Crippen molar-refractivity contribution in [3.8, 4) is 0 Å². The number of hydrogen-bond donors (Lipinski definition) is 2. The topological polar surface area (TPSA) is 40.5 Å². The molecule has 1 rings (SSSR count). The maximum Gasteiger partial charge on any atom is 0.0782 e. The van der Waals surface area contributed by atoms with E-state index in [0.29, 0.717) is 12.3 Å². The average molecular weight is 226 g/mol. The first-order valence-corrected chi connectivity index (χ1v) is 6.33. The van der Waals surface area contributed by atoms with Gasteiger partial charge in [-0.3, -0.25) is 0 Å². The standard InChI is InChI=1S/C14H26O2/c1-9-6-7-10(2)14(4,5)13(9)12(16)8-11(3)15/h10-12,15-16H,6-8H2,1-5H3. The van der Waals surface area contributed by atoms with Gasteiger partial charge in [-0.25, -0.2) is 0 Å². The fourth-order valence-electron chi connectivity index (χ4n) is 2.90. The van der Waals surface area contributed by atoms with Crippen LogP contribution in [0.2, 0.25) is 0 Å². The highest BCUT2D eigenvalue weighted by atomic mass is 16.3. The van der Waals surface area contributed by atoms with E-state index in [-0.39, 0.29) is 5.41 Å². The van der Waals surface area contributed by atoms with Crippen molar-refractivity contribution in [1.29, 1.82) is 0 Å². The molecule has 2 nitrogen and oxygen atoms in total. The van der Waals surface area contributed by atoms with E-state index in [2.05, 4.69) is 27.7 Å². The molecule has 2 heteroatoms. The summed E-state index contributed by atoms with van der Waals surface area (Å²) in [5.41, 5.74) is 2.53. The lowest BCUT2D eigenvalue weighted by atomic mass is 9.64. The van der Waals surface area contributed by atoms with Gasteiger partial charge in [-0.05, 0) is 43.6 Å². The highest BCUT2D eigenvalue weighted by molar-refractivity contribution is 5.27. The van der Waals surface area contributed by atoms with Gasteiger partial charge in [0.15, 0.2) is 0 Å². The van der Waals surface area contributed by atoms with Gasteiger partial charge in [0.2, 0.25) is 0 Å². The van der Waals surface area contributed by atoms with Gasteiger partial charge in [0.25, 0.3) is 0 Å².